The fourth-order valence-electron chi connectivity index (χ4n) is 1.09. The number of aromatic hydroxyl groups is 1. The smallest absolute Gasteiger partial charge is 0.341 e. The van der Waals surface area contributed by atoms with Crippen LogP contribution in [0.1, 0.15) is 12.5 Å². The molecule has 14 heavy (non-hydrogen) atoms. The van der Waals surface area contributed by atoms with E-state index in [0.717, 1.165) is 6.92 Å². The van der Waals surface area contributed by atoms with Crippen molar-refractivity contribution < 1.29 is 19.4 Å². The summed E-state index contributed by atoms with van der Waals surface area (Å²) in [4.78, 5) is 10.5. The van der Waals surface area contributed by atoms with Crippen molar-refractivity contribution in [3.05, 3.63) is 29.8 Å². The van der Waals surface area contributed by atoms with Gasteiger partial charge in [-0.2, -0.15) is 0 Å². The van der Waals surface area contributed by atoms with Gasteiger partial charge in [-0.25, -0.2) is 9.18 Å². The van der Waals surface area contributed by atoms with Crippen LogP contribution in [0.15, 0.2) is 24.3 Å². The first-order valence-corrected chi connectivity index (χ1v) is 4.12. The molecule has 0 saturated carbocycles. The lowest BCUT2D eigenvalue weighted by atomic mass is 9.98. The van der Waals surface area contributed by atoms with E-state index in [2.05, 4.69) is 0 Å². The minimum Gasteiger partial charge on any atom is -0.508 e. The summed E-state index contributed by atoms with van der Waals surface area (Å²) in [6, 6.07) is 6.10. The van der Waals surface area contributed by atoms with Crippen LogP contribution in [0.25, 0.3) is 0 Å². The highest BCUT2D eigenvalue weighted by atomic mass is 19.1. The normalized spacial score (nSPS) is 14.7. The lowest BCUT2D eigenvalue weighted by Crippen LogP contribution is -2.32. The molecule has 0 aliphatic carbocycles. The predicted octanol–water partition coefficient (Wildman–Crippen LogP) is 1.75. The molecule has 1 aromatic rings. The van der Waals surface area contributed by atoms with E-state index in [9.17, 15) is 14.3 Å². The van der Waals surface area contributed by atoms with Crippen LogP contribution < -0.4 is 0 Å². The third-order valence-electron chi connectivity index (χ3n) is 1.96. The molecule has 4 heteroatoms. The van der Waals surface area contributed by atoms with Crippen molar-refractivity contribution in [3.63, 3.8) is 0 Å². The SMILES string of the molecule is CC(F)(Cc1ccccc1O)C(=O)O. The zero-order valence-corrected chi connectivity index (χ0v) is 7.70. The summed E-state index contributed by atoms with van der Waals surface area (Å²) >= 11 is 0. The fourth-order valence-corrected chi connectivity index (χ4v) is 1.09. The van der Waals surface area contributed by atoms with Crippen molar-refractivity contribution in [2.75, 3.05) is 0 Å². The van der Waals surface area contributed by atoms with Gasteiger partial charge in [0.25, 0.3) is 0 Å². The number of hydrogen-bond acceptors (Lipinski definition) is 2. The summed E-state index contributed by atoms with van der Waals surface area (Å²) in [6.07, 6.45) is -0.338. The van der Waals surface area contributed by atoms with Gasteiger partial charge in [-0.05, 0) is 18.6 Å². The molecule has 3 nitrogen and oxygen atoms in total. The number of aliphatic carboxylic acids is 1. The third-order valence-corrected chi connectivity index (χ3v) is 1.96. The summed E-state index contributed by atoms with van der Waals surface area (Å²) in [5.74, 6) is -1.61. The monoisotopic (exact) mass is 198 g/mol. The topological polar surface area (TPSA) is 57.5 Å². The molecule has 0 amide bonds. The lowest BCUT2D eigenvalue weighted by Gasteiger charge is -2.15. The molecule has 1 aromatic carbocycles. The molecule has 0 aliphatic rings. The molecule has 2 N–H and O–H groups in total. The molecule has 1 rings (SSSR count). The predicted molar refractivity (Wildman–Crippen MR) is 49.0 cm³/mol. The Hall–Kier alpha value is -1.58. The number of alkyl halides is 1. The Kier molecular flexibility index (Phi) is 2.74. The average molecular weight is 198 g/mol. The van der Waals surface area contributed by atoms with E-state index in [0.29, 0.717) is 5.56 Å². The third kappa shape index (κ3) is 2.22. The number of phenols is 1. The number of carboxylic acid groups (broad SMARTS) is 1. The summed E-state index contributed by atoms with van der Waals surface area (Å²) in [5.41, 5.74) is -2.06. The highest BCUT2D eigenvalue weighted by Crippen LogP contribution is 2.24. The second-order valence-corrected chi connectivity index (χ2v) is 3.31. The first-order chi connectivity index (χ1) is 6.43. The molecule has 0 spiro atoms. The summed E-state index contributed by atoms with van der Waals surface area (Å²) in [7, 11) is 0. The summed E-state index contributed by atoms with van der Waals surface area (Å²) in [6.45, 7) is 0.974. The Morgan fingerprint density at radius 2 is 2.07 bits per heavy atom. The Balaban J connectivity index is 2.89. The second-order valence-electron chi connectivity index (χ2n) is 3.31. The number of phenolic OH excluding ortho intramolecular Hbond substituents is 1. The average Bonchev–Trinajstić information content (AvgIpc) is 2.08. The van der Waals surface area contributed by atoms with Gasteiger partial charge in [0.15, 0.2) is 0 Å². The zero-order valence-electron chi connectivity index (χ0n) is 7.70. The highest BCUT2D eigenvalue weighted by molar-refractivity contribution is 5.77. The van der Waals surface area contributed by atoms with Gasteiger partial charge in [0, 0.05) is 6.42 Å². The first-order valence-electron chi connectivity index (χ1n) is 4.12. The van der Waals surface area contributed by atoms with Gasteiger partial charge in [-0.3, -0.25) is 0 Å². The van der Waals surface area contributed by atoms with Crippen molar-refractivity contribution in [1.29, 1.82) is 0 Å². The number of para-hydroxylation sites is 1. The van der Waals surface area contributed by atoms with Crippen molar-refractivity contribution in [3.8, 4) is 5.75 Å². The van der Waals surface area contributed by atoms with Crippen LogP contribution in [0.2, 0.25) is 0 Å². The minimum absolute atomic E-state index is 0.0855. The van der Waals surface area contributed by atoms with Gasteiger partial charge < -0.3 is 10.2 Å². The maximum absolute atomic E-state index is 13.4. The minimum atomic E-state index is -2.35. The summed E-state index contributed by atoms with van der Waals surface area (Å²) < 4.78 is 13.4. The lowest BCUT2D eigenvalue weighted by molar-refractivity contribution is -0.149. The maximum Gasteiger partial charge on any atom is 0.341 e. The van der Waals surface area contributed by atoms with Crippen LogP contribution in [-0.2, 0) is 11.2 Å². The van der Waals surface area contributed by atoms with E-state index < -0.39 is 11.6 Å². The van der Waals surface area contributed by atoms with Crippen LogP contribution in [0.4, 0.5) is 4.39 Å². The number of carboxylic acids is 1. The maximum atomic E-state index is 13.4. The van der Waals surface area contributed by atoms with Crippen molar-refractivity contribution in [1.82, 2.24) is 0 Å². The molecule has 0 bridgehead atoms. The largest absolute Gasteiger partial charge is 0.508 e. The molecule has 76 valence electrons. The number of carbonyl (C=O) groups is 1. The Labute approximate surface area is 80.8 Å². The molecule has 0 fully saturated rings. The molecule has 0 radical (unpaired) electrons. The van der Waals surface area contributed by atoms with E-state index in [-0.39, 0.29) is 12.2 Å². The van der Waals surface area contributed by atoms with Crippen LogP contribution >= 0.6 is 0 Å². The molecular formula is C10H11FO3. The van der Waals surface area contributed by atoms with Crippen LogP contribution in [0, 0.1) is 0 Å². The van der Waals surface area contributed by atoms with E-state index >= 15 is 0 Å². The Bertz CT molecular complexity index is 347. The van der Waals surface area contributed by atoms with Crippen LogP contribution in [0.5, 0.6) is 5.75 Å². The molecular weight excluding hydrogens is 187 g/mol. The number of halogens is 1. The Morgan fingerprint density at radius 3 is 2.57 bits per heavy atom. The number of rotatable bonds is 3. The van der Waals surface area contributed by atoms with Gasteiger partial charge >= 0.3 is 5.97 Å². The standard InChI is InChI=1S/C10H11FO3/c1-10(11,9(13)14)6-7-4-2-3-5-8(7)12/h2-5,12H,6H2,1H3,(H,13,14). The van der Waals surface area contributed by atoms with E-state index in [4.69, 9.17) is 5.11 Å². The second kappa shape index (κ2) is 3.65. The van der Waals surface area contributed by atoms with Gasteiger partial charge in [-0.1, -0.05) is 18.2 Å². The van der Waals surface area contributed by atoms with Gasteiger partial charge in [0.05, 0.1) is 0 Å². The van der Waals surface area contributed by atoms with E-state index in [1.807, 2.05) is 0 Å². The summed E-state index contributed by atoms with van der Waals surface area (Å²) in [5, 5.41) is 17.8. The van der Waals surface area contributed by atoms with Crippen LogP contribution in [0.3, 0.4) is 0 Å². The van der Waals surface area contributed by atoms with Crippen molar-refractivity contribution in [2.24, 2.45) is 0 Å². The van der Waals surface area contributed by atoms with Crippen LogP contribution in [-0.4, -0.2) is 21.9 Å². The first kappa shape index (κ1) is 10.5. The molecule has 0 aliphatic heterocycles. The highest BCUT2D eigenvalue weighted by Gasteiger charge is 2.33. The quantitative estimate of drug-likeness (QED) is 0.777. The van der Waals surface area contributed by atoms with Crippen molar-refractivity contribution >= 4 is 5.97 Å². The number of benzene rings is 1. The van der Waals surface area contributed by atoms with E-state index in [1.54, 1.807) is 12.1 Å². The molecule has 0 saturated heterocycles. The fraction of sp³-hybridized carbons (Fsp3) is 0.300. The molecule has 1 atom stereocenters. The van der Waals surface area contributed by atoms with Gasteiger partial charge in [0.2, 0.25) is 5.67 Å². The number of hydrogen-bond donors (Lipinski definition) is 2. The van der Waals surface area contributed by atoms with Gasteiger partial charge in [0.1, 0.15) is 5.75 Å². The van der Waals surface area contributed by atoms with E-state index in [1.165, 1.54) is 12.1 Å². The molecule has 0 heterocycles. The Morgan fingerprint density at radius 1 is 1.50 bits per heavy atom. The molecule has 0 aromatic heterocycles. The van der Waals surface area contributed by atoms with Gasteiger partial charge in [-0.15, -0.1) is 0 Å². The molecule has 1 unspecified atom stereocenters. The zero-order chi connectivity index (χ0) is 10.8. The van der Waals surface area contributed by atoms with Crippen molar-refractivity contribution in [2.45, 2.75) is 19.0 Å².